The van der Waals surface area contributed by atoms with Gasteiger partial charge in [-0.2, -0.15) is 0 Å². The molecule has 10 heteroatoms. The summed E-state index contributed by atoms with van der Waals surface area (Å²) in [5, 5.41) is 0. The minimum atomic E-state index is -0.200. The van der Waals surface area contributed by atoms with Crippen molar-refractivity contribution in [2.24, 2.45) is 0 Å². The molecule has 3 amide bonds. The Balaban J connectivity index is 1.54. The molecule has 0 N–H and O–H groups in total. The first kappa shape index (κ1) is 24.1. The monoisotopic (exact) mass is 446 g/mol. The maximum absolute atomic E-state index is 13.1. The topological polar surface area (TPSA) is 99.2 Å². The lowest BCUT2D eigenvalue weighted by Crippen LogP contribution is -2.50. The van der Waals surface area contributed by atoms with Crippen LogP contribution in [0.15, 0.2) is 12.4 Å². The molecule has 0 spiro atoms. The minimum absolute atomic E-state index is 0.00849. The molecule has 3 rings (SSSR count). The van der Waals surface area contributed by atoms with Crippen molar-refractivity contribution in [1.29, 1.82) is 0 Å². The maximum Gasteiger partial charge on any atom is 0.274 e. The predicted octanol–water partition coefficient (Wildman–Crippen LogP) is 0.0303. The van der Waals surface area contributed by atoms with Gasteiger partial charge >= 0.3 is 0 Å². The standard InChI is InChI=1S/C22H34N6O4/c1-18-16-24-20(17-23-18)22(31)28(6-3-5-25-12-14-32-15-13-25)7-4-21(30)27-10-8-26(9-11-27)19(2)29/h16-17H,3-15H2,1-2H3. The lowest BCUT2D eigenvalue weighted by molar-refractivity contribution is -0.138. The summed E-state index contributed by atoms with van der Waals surface area (Å²) in [5.41, 5.74) is 1.05. The minimum Gasteiger partial charge on any atom is -0.379 e. The fourth-order valence-electron chi connectivity index (χ4n) is 3.95. The maximum atomic E-state index is 13.1. The summed E-state index contributed by atoms with van der Waals surface area (Å²) in [6.45, 7) is 10.6. The highest BCUT2D eigenvalue weighted by atomic mass is 16.5. The van der Waals surface area contributed by atoms with Crippen molar-refractivity contribution < 1.29 is 19.1 Å². The fraction of sp³-hybridized carbons (Fsp3) is 0.682. The summed E-state index contributed by atoms with van der Waals surface area (Å²) in [6.07, 6.45) is 4.15. The van der Waals surface area contributed by atoms with Gasteiger partial charge in [-0.25, -0.2) is 4.98 Å². The van der Waals surface area contributed by atoms with Crippen LogP contribution >= 0.6 is 0 Å². The molecule has 2 aliphatic rings. The van der Waals surface area contributed by atoms with E-state index in [4.69, 9.17) is 4.74 Å². The quantitative estimate of drug-likeness (QED) is 0.556. The van der Waals surface area contributed by atoms with Crippen LogP contribution in [-0.2, 0) is 14.3 Å². The van der Waals surface area contributed by atoms with Crippen LogP contribution in [0.3, 0.4) is 0 Å². The number of aryl methyl sites for hydroxylation is 1. The van der Waals surface area contributed by atoms with Gasteiger partial charge in [0.1, 0.15) is 5.69 Å². The molecule has 3 heterocycles. The molecule has 0 aliphatic carbocycles. The van der Waals surface area contributed by atoms with E-state index >= 15 is 0 Å². The Bertz CT molecular complexity index is 773. The van der Waals surface area contributed by atoms with Crippen molar-refractivity contribution in [2.75, 3.05) is 72.1 Å². The molecule has 2 saturated heterocycles. The second-order valence-corrected chi connectivity index (χ2v) is 8.28. The van der Waals surface area contributed by atoms with Crippen molar-refractivity contribution in [3.63, 3.8) is 0 Å². The Morgan fingerprint density at radius 2 is 1.66 bits per heavy atom. The number of amides is 3. The molecule has 0 atom stereocenters. The van der Waals surface area contributed by atoms with E-state index in [1.807, 2.05) is 6.92 Å². The number of carbonyl (C=O) groups excluding carboxylic acids is 3. The van der Waals surface area contributed by atoms with Gasteiger partial charge in [0, 0.05) is 78.4 Å². The summed E-state index contributed by atoms with van der Waals surface area (Å²) in [4.78, 5) is 53.3. The first-order chi connectivity index (χ1) is 15.4. The van der Waals surface area contributed by atoms with E-state index in [1.165, 1.54) is 6.20 Å². The number of nitrogens with zero attached hydrogens (tertiary/aromatic N) is 6. The van der Waals surface area contributed by atoms with E-state index in [0.717, 1.165) is 45.0 Å². The van der Waals surface area contributed by atoms with Gasteiger partial charge in [-0.3, -0.25) is 24.3 Å². The molecular weight excluding hydrogens is 412 g/mol. The molecule has 10 nitrogen and oxygen atoms in total. The third kappa shape index (κ3) is 6.96. The molecule has 0 unspecified atom stereocenters. The summed E-state index contributed by atoms with van der Waals surface area (Å²) >= 11 is 0. The van der Waals surface area contributed by atoms with Gasteiger partial charge in [0.2, 0.25) is 11.8 Å². The van der Waals surface area contributed by atoms with Crippen molar-refractivity contribution in [3.8, 4) is 0 Å². The summed E-state index contributed by atoms with van der Waals surface area (Å²) in [7, 11) is 0. The zero-order chi connectivity index (χ0) is 22.9. The van der Waals surface area contributed by atoms with Crippen LogP contribution in [0.25, 0.3) is 0 Å². The average molecular weight is 447 g/mol. The molecule has 0 bridgehead atoms. The van der Waals surface area contributed by atoms with Crippen LogP contribution in [0.4, 0.5) is 0 Å². The van der Waals surface area contributed by atoms with Crippen LogP contribution in [0.5, 0.6) is 0 Å². The Kier molecular flexibility index (Phi) is 8.92. The van der Waals surface area contributed by atoms with Gasteiger partial charge in [-0.15, -0.1) is 0 Å². The molecule has 0 radical (unpaired) electrons. The summed E-state index contributed by atoms with van der Waals surface area (Å²) in [5.74, 6) is -0.156. The Labute approximate surface area is 189 Å². The van der Waals surface area contributed by atoms with E-state index in [9.17, 15) is 14.4 Å². The Morgan fingerprint density at radius 1 is 0.969 bits per heavy atom. The number of carbonyl (C=O) groups is 3. The van der Waals surface area contributed by atoms with Crippen molar-refractivity contribution >= 4 is 17.7 Å². The Hall–Kier alpha value is -2.59. The van der Waals surface area contributed by atoms with Crippen molar-refractivity contribution in [2.45, 2.75) is 26.7 Å². The first-order valence-electron chi connectivity index (χ1n) is 11.4. The van der Waals surface area contributed by atoms with Gasteiger partial charge in [-0.1, -0.05) is 0 Å². The number of rotatable bonds is 8. The zero-order valence-corrected chi connectivity index (χ0v) is 19.2. The third-order valence-electron chi connectivity index (χ3n) is 5.97. The van der Waals surface area contributed by atoms with Gasteiger partial charge in [-0.05, 0) is 13.3 Å². The van der Waals surface area contributed by atoms with Gasteiger partial charge in [0.25, 0.3) is 5.91 Å². The lowest BCUT2D eigenvalue weighted by atomic mass is 10.2. The molecule has 0 aromatic carbocycles. The van der Waals surface area contributed by atoms with Crippen molar-refractivity contribution in [1.82, 2.24) is 29.6 Å². The van der Waals surface area contributed by atoms with Crippen LogP contribution in [0.1, 0.15) is 35.9 Å². The van der Waals surface area contributed by atoms with E-state index < -0.39 is 0 Å². The SMILES string of the molecule is CC(=O)N1CCN(C(=O)CCN(CCCN2CCOCC2)C(=O)c2cnc(C)cn2)CC1. The molecule has 1 aromatic heterocycles. The van der Waals surface area contributed by atoms with Crippen LogP contribution in [-0.4, -0.2) is 119 Å². The largest absolute Gasteiger partial charge is 0.379 e. The van der Waals surface area contributed by atoms with Gasteiger partial charge in [0.15, 0.2) is 0 Å². The molecule has 32 heavy (non-hydrogen) atoms. The molecular formula is C22H34N6O4. The van der Waals surface area contributed by atoms with E-state index in [0.29, 0.717) is 45.0 Å². The van der Waals surface area contributed by atoms with Gasteiger partial charge in [0.05, 0.1) is 25.1 Å². The summed E-state index contributed by atoms with van der Waals surface area (Å²) in [6, 6.07) is 0. The molecule has 0 saturated carbocycles. The van der Waals surface area contributed by atoms with Gasteiger partial charge < -0.3 is 19.4 Å². The fourth-order valence-corrected chi connectivity index (χ4v) is 3.95. The predicted molar refractivity (Wildman–Crippen MR) is 118 cm³/mol. The van der Waals surface area contributed by atoms with E-state index in [2.05, 4.69) is 14.9 Å². The third-order valence-corrected chi connectivity index (χ3v) is 5.97. The lowest BCUT2D eigenvalue weighted by Gasteiger charge is -2.34. The number of hydrogen-bond acceptors (Lipinski definition) is 7. The number of piperazine rings is 1. The molecule has 176 valence electrons. The highest BCUT2D eigenvalue weighted by Gasteiger charge is 2.24. The molecule has 1 aromatic rings. The number of aromatic nitrogens is 2. The number of ether oxygens (including phenoxy) is 1. The second-order valence-electron chi connectivity index (χ2n) is 8.28. The van der Waals surface area contributed by atoms with E-state index in [1.54, 1.807) is 27.8 Å². The molecule has 2 aliphatic heterocycles. The number of hydrogen-bond donors (Lipinski definition) is 0. The average Bonchev–Trinajstić information content (AvgIpc) is 2.82. The van der Waals surface area contributed by atoms with Crippen LogP contribution in [0, 0.1) is 6.92 Å². The van der Waals surface area contributed by atoms with Crippen LogP contribution < -0.4 is 0 Å². The summed E-state index contributed by atoms with van der Waals surface area (Å²) < 4.78 is 5.39. The Morgan fingerprint density at radius 3 is 2.28 bits per heavy atom. The zero-order valence-electron chi connectivity index (χ0n) is 19.2. The highest BCUT2D eigenvalue weighted by Crippen LogP contribution is 2.09. The van der Waals surface area contributed by atoms with Crippen LogP contribution in [0.2, 0.25) is 0 Å². The van der Waals surface area contributed by atoms with Crippen molar-refractivity contribution in [3.05, 3.63) is 23.8 Å². The highest BCUT2D eigenvalue weighted by molar-refractivity contribution is 5.92. The normalized spacial score (nSPS) is 17.3. The molecule has 2 fully saturated rings. The number of morpholine rings is 1. The second kappa shape index (κ2) is 11.9. The first-order valence-corrected chi connectivity index (χ1v) is 11.4. The van der Waals surface area contributed by atoms with E-state index in [-0.39, 0.29) is 24.1 Å². The smallest absolute Gasteiger partial charge is 0.274 e.